The van der Waals surface area contributed by atoms with E-state index in [1.165, 1.54) is 180 Å². The molecule has 66 heavy (non-hydrogen) atoms. The summed E-state index contributed by atoms with van der Waals surface area (Å²) in [6.07, 6.45) is 45.8. The van der Waals surface area contributed by atoms with Gasteiger partial charge in [-0.25, -0.2) is 0 Å². The van der Waals surface area contributed by atoms with Crippen LogP contribution in [0.25, 0.3) is 0 Å². The molecule has 0 aromatic carbocycles. The Kier molecular flexibility index (Phi) is 45.7. The van der Waals surface area contributed by atoms with Crippen molar-refractivity contribution in [2.45, 2.75) is 291 Å². The predicted molar refractivity (Wildman–Crippen MR) is 278 cm³/mol. The maximum atomic E-state index is 14.1. The second-order valence-electron chi connectivity index (χ2n) is 21.1. The van der Waals surface area contributed by atoms with Gasteiger partial charge >= 0.3 is 11.9 Å². The largest absolute Gasteiger partial charge is 0.756 e. The Morgan fingerprint density at radius 3 is 1.02 bits per heavy atom. The van der Waals surface area contributed by atoms with Crippen molar-refractivity contribution >= 4 is 19.8 Å². The second-order valence-corrected chi connectivity index (χ2v) is 22.6. The number of carbonyl (C=O) groups is 2. The van der Waals surface area contributed by atoms with Crippen molar-refractivity contribution < 1.29 is 42.1 Å². The summed E-state index contributed by atoms with van der Waals surface area (Å²) in [7, 11) is 1.18. The molecule has 0 N–H and O–H groups in total. The number of phosphoric acid groups is 1. The Labute approximate surface area is 410 Å². The van der Waals surface area contributed by atoms with Crippen molar-refractivity contribution in [2.24, 2.45) is 11.8 Å². The van der Waals surface area contributed by atoms with Crippen molar-refractivity contribution in [2.75, 3.05) is 47.5 Å². The molecule has 0 bridgehead atoms. The SMILES string of the molecule is CCCCCCCCCCCCC(CCCCCCCCCC)C(=O)OC[C@H](COP(=O)([O-])OCC[N+](C)(C)C)OC(=O)C(CCCCCCCCCC)CCCCCCCCCCCC. The van der Waals surface area contributed by atoms with Crippen LogP contribution in [0.15, 0.2) is 0 Å². The van der Waals surface area contributed by atoms with E-state index in [0.29, 0.717) is 11.0 Å². The van der Waals surface area contributed by atoms with Gasteiger partial charge in [0.1, 0.15) is 19.8 Å². The molecule has 0 rings (SSSR count). The molecule has 0 saturated carbocycles. The van der Waals surface area contributed by atoms with Crippen LogP contribution in [0.1, 0.15) is 285 Å². The maximum Gasteiger partial charge on any atom is 0.309 e. The molecule has 9 nitrogen and oxygen atoms in total. The second kappa shape index (κ2) is 46.4. The Morgan fingerprint density at radius 1 is 0.424 bits per heavy atom. The number of quaternary nitrogens is 1. The number of likely N-dealkylation sites (N-methyl/N-ethyl adjacent to an activating group) is 1. The lowest BCUT2D eigenvalue weighted by molar-refractivity contribution is -0.870. The van der Waals surface area contributed by atoms with Gasteiger partial charge in [0.15, 0.2) is 6.10 Å². The van der Waals surface area contributed by atoms with Crippen LogP contribution in [0, 0.1) is 11.8 Å². The lowest BCUT2D eigenvalue weighted by Gasteiger charge is -2.29. The van der Waals surface area contributed by atoms with E-state index < -0.39 is 20.5 Å². The van der Waals surface area contributed by atoms with Crippen molar-refractivity contribution in [1.82, 2.24) is 0 Å². The molecule has 4 atom stereocenters. The summed E-state index contributed by atoms with van der Waals surface area (Å²) in [5.41, 5.74) is 0. The third-order valence-electron chi connectivity index (χ3n) is 13.4. The number of ether oxygens (including phenoxy) is 2. The molecule has 394 valence electrons. The van der Waals surface area contributed by atoms with Crippen LogP contribution >= 0.6 is 7.82 Å². The lowest BCUT2D eigenvalue weighted by Crippen LogP contribution is -2.38. The maximum absolute atomic E-state index is 14.1. The number of hydrogen-bond donors (Lipinski definition) is 0. The molecule has 0 aromatic heterocycles. The van der Waals surface area contributed by atoms with E-state index in [1.807, 2.05) is 21.1 Å². The Morgan fingerprint density at radius 2 is 0.712 bits per heavy atom. The van der Waals surface area contributed by atoms with Crippen LogP contribution in [0.2, 0.25) is 0 Å². The number of hydrogen-bond acceptors (Lipinski definition) is 8. The molecular formula is C56H112NO8P. The number of unbranched alkanes of at least 4 members (excludes halogenated alkanes) is 32. The van der Waals surface area contributed by atoms with Gasteiger partial charge in [-0.1, -0.05) is 259 Å². The normalized spacial score (nSPS) is 14.2. The van der Waals surface area contributed by atoms with Crippen molar-refractivity contribution in [3.8, 4) is 0 Å². The van der Waals surface area contributed by atoms with Crippen LogP contribution in [0.4, 0.5) is 0 Å². The number of phosphoric ester groups is 1. The fraction of sp³-hybridized carbons (Fsp3) is 0.964. The average Bonchev–Trinajstić information content (AvgIpc) is 3.28. The molecule has 0 radical (unpaired) electrons. The monoisotopic (exact) mass is 958 g/mol. The highest BCUT2D eigenvalue weighted by Crippen LogP contribution is 2.38. The topological polar surface area (TPSA) is 111 Å². The first-order valence-corrected chi connectivity index (χ1v) is 30.1. The van der Waals surface area contributed by atoms with Crippen LogP contribution in [0.5, 0.6) is 0 Å². The first-order chi connectivity index (χ1) is 31.9. The summed E-state index contributed by atoms with van der Waals surface area (Å²) in [5.74, 6) is -1.14. The van der Waals surface area contributed by atoms with E-state index in [1.54, 1.807) is 0 Å². The van der Waals surface area contributed by atoms with Crippen molar-refractivity contribution in [3.63, 3.8) is 0 Å². The number of esters is 2. The van der Waals surface area contributed by atoms with Gasteiger partial charge < -0.3 is 27.9 Å². The summed E-state index contributed by atoms with van der Waals surface area (Å²) in [5, 5.41) is 0. The molecule has 0 fully saturated rings. The third-order valence-corrected chi connectivity index (χ3v) is 14.4. The molecule has 0 aliphatic carbocycles. The molecule has 0 saturated heterocycles. The Balaban J connectivity index is 5.80. The molecule has 0 aliphatic heterocycles. The van der Waals surface area contributed by atoms with Gasteiger partial charge in [0.2, 0.25) is 0 Å². The zero-order chi connectivity index (χ0) is 48.8. The minimum atomic E-state index is -4.70. The van der Waals surface area contributed by atoms with E-state index in [9.17, 15) is 19.0 Å². The highest BCUT2D eigenvalue weighted by atomic mass is 31.2. The summed E-state index contributed by atoms with van der Waals surface area (Å²) >= 11 is 0. The summed E-state index contributed by atoms with van der Waals surface area (Å²) in [4.78, 5) is 40.9. The molecule has 0 heterocycles. The fourth-order valence-corrected chi connectivity index (χ4v) is 9.60. The van der Waals surface area contributed by atoms with E-state index in [-0.39, 0.29) is 37.0 Å². The molecular weight excluding hydrogens is 846 g/mol. The van der Waals surface area contributed by atoms with Gasteiger partial charge in [-0.15, -0.1) is 0 Å². The lowest BCUT2D eigenvalue weighted by atomic mass is 9.94. The smallest absolute Gasteiger partial charge is 0.309 e. The highest BCUT2D eigenvalue weighted by Gasteiger charge is 2.28. The first-order valence-electron chi connectivity index (χ1n) is 28.7. The standard InChI is InChI=1S/C56H112NO8P/c1-8-12-16-20-24-28-30-34-37-41-45-52(44-40-36-32-26-22-18-14-10-3)55(58)62-50-54(51-64-66(60,61)63-49-48-57(5,6)7)65-56(59)53(46-42-38-33-27-23-19-15-11-4)47-43-39-35-31-29-25-21-17-13-9-2/h52-54H,8-51H2,1-7H3/t52?,53?,54-/m1/s1. The van der Waals surface area contributed by atoms with E-state index >= 15 is 0 Å². The van der Waals surface area contributed by atoms with Crippen LogP contribution < -0.4 is 4.89 Å². The van der Waals surface area contributed by atoms with E-state index in [4.69, 9.17) is 18.5 Å². The minimum absolute atomic E-state index is 0.0252. The first kappa shape index (κ1) is 65.0. The van der Waals surface area contributed by atoms with Gasteiger partial charge in [0, 0.05) is 0 Å². The summed E-state index contributed by atoms with van der Waals surface area (Å²) in [6.45, 7) is 8.76. The predicted octanol–water partition coefficient (Wildman–Crippen LogP) is 16.6. The summed E-state index contributed by atoms with van der Waals surface area (Å²) in [6, 6.07) is 0. The van der Waals surface area contributed by atoms with Gasteiger partial charge in [-0.05, 0) is 25.7 Å². The quantitative estimate of drug-likeness (QED) is 0.0256. The molecule has 0 amide bonds. The van der Waals surface area contributed by atoms with Crippen LogP contribution in [0.3, 0.4) is 0 Å². The minimum Gasteiger partial charge on any atom is -0.756 e. The van der Waals surface area contributed by atoms with Gasteiger partial charge in [-0.2, -0.15) is 0 Å². The zero-order valence-corrected chi connectivity index (χ0v) is 45.9. The Bertz CT molecular complexity index is 1120. The number of nitrogens with zero attached hydrogens (tertiary/aromatic N) is 1. The molecule has 0 spiro atoms. The molecule has 0 aliphatic rings. The van der Waals surface area contributed by atoms with Crippen molar-refractivity contribution in [1.29, 1.82) is 0 Å². The van der Waals surface area contributed by atoms with Crippen LogP contribution in [-0.2, 0) is 32.7 Å². The van der Waals surface area contributed by atoms with Gasteiger partial charge in [0.05, 0.1) is 39.6 Å². The summed E-state index contributed by atoms with van der Waals surface area (Å²) < 4.78 is 36.2. The van der Waals surface area contributed by atoms with Gasteiger partial charge in [0.25, 0.3) is 7.82 Å². The van der Waals surface area contributed by atoms with Crippen LogP contribution in [-0.4, -0.2) is 70.0 Å². The molecule has 0 aromatic rings. The Hall–Kier alpha value is -0.990. The third kappa shape index (κ3) is 44.2. The number of rotatable bonds is 52. The molecule has 3 unspecified atom stereocenters. The van der Waals surface area contributed by atoms with E-state index in [0.717, 1.165) is 77.0 Å². The van der Waals surface area contributed by atoms with Crippen molar-refractivity contribution in [3.05, 3.63) is 0 Å². The van der Waals surface area contributed by atoms with Gasteiger partial charge in [-0.3, -0.25) is 14.2 Å². The average molecular weight is 958 g/mol. The number of carbonyl (C=O) groups excluding carboxylic acids is 2. The molecule has 10 heteroatoms. The zero-order valence-electron chi connectivity index (χ0n) is 45.0. The fourth-order valence-electron chi connectivity index (χ4n) is 8.87. The highest BCUT2D eigenvalue weighted by molar-refractivity contribution is 7.45. The van der Waals surface area contributed by atoms with E-state index in [2.05, 4.69) is 27.7 Å².